The van der Waals surface area contributed by atoms with E-state index in [1.807, 2.05) is 18.2 Å². The minimum absolute atomic E-state index is 0.0107. The molecule has 7 atom stereocenters. The van der Waals surface area contributed by atoms with Gasteiger partial charge in [0.1, 0.15) is 30.0 Å². The van der Waals surface area contributed by atoms with Crippen LogP contribution in [0.15, 0.2) is 54.6 Å². The molecular weight excluding hydrogens is 738 g/mol. The zero-order valence-electron chi connectivity index (χ0n) is 32.0. The maximum Gasteiger partial charge on any atom is 0.330 e. The van der Waals surface area contributed by atoms with Crippen molar-refractivity contribution < 1.29 is 52.9 Å². The predicted molar refractivity (Wildman–Crippen MR) is 202 cm³/mol. The van der Waals surface area contributed by atoms with Crippen LogP contribution >= 0.6 is 0 Å². The molecule has 5 amide bonds. The van der Waals surface area contributed by atoms with Crippen LogP contribution in [0.5, 0.6) is 5.75 Å². The van der Waals surface area contributed by atoms with Crippen molar-refractivity contribution in [3.63, 3.8) is 0 Å². The van der Waals surface area contributed by atoms with Gasteiger partial charge in [-0.05, 0) is 54.9 Å². The molecule has 57 heavy (non-hydrogen) atoms. The number of hydrogen-bond donors (Lipinski definition) is 5. The van der Waals surface area contributed by atoms with Gasteiger partial charge in [-0.2, -0.15) is 0 Å². The normalized spacial score (nSPS) is 25.0. The molecule has 4 aliphatic heterocycles. The molecule has 16 heteroatoms. The number of hydrogen-bond acceptors (Lipinski definition) is 10. The van der Waals surface area contributed by atoms with Gasteiger partial charge in [0.25, 0.3) is 5.91 Å². The summed E-state index contributed by atoms with van der Waals surface area (Å²) < 4.78 is 18.5. The molecule has 7 rings (SSSR count). The van der Waals surface area contributed by atoms with Crippen LogP contribution in [0.1, 0.15) is 81.9 Å². The van der Waals surface area contributed by atoms with E-state index in [-0.39, 0.29) is 31.2 Å². The molecule has 6 bridgehead atoms. The Balaban J connectivity index is 1.18. The third-order valence-electron chi connectivity index (χ3n) is 10.9. The first-order chi connectivity index (χ1) is 27.5. The number of amides is 5. The summed E-state index contributed by atoms with van der Waals surface area (Å²) in [7, 11) is 0. The number of carbonyl (C=O) groups is 7. The molecule has 1 aliphatic carbocycles. The molecule has 1 unspecified atom stereocenters. The fourth-order valence-corrected chi connectivity index (χ4v) is 8.12. The monoisotopic (exact) mass is 789 g/mol. The summed E-state index contributed by atoms with van der Waals surface area (Å²) in [5.74, 6) is -5.41. The van der Waals surface area contributed by atoms with Crippen molar-refractivity contribution in [1.82, 2.24) is 26.2 Å². The van der Waals surface area contributed by atoms with Gasteiger partial charge in [0.2, 0.25) is 29.4 Å². The first-order valence-corrected chi connectivity index (χ1v) is 19.8. The highest BCUT2D eigenvalue weighted by Gasteiger charge is 2.56. The van der Waals surface area contributed by atoms with E-state index in [4.69, 9.17) is 14.2 Å². The van der Waals surface area contributed by atoms with E-state index in [0.717, 1.165) is 37.7 Å². The van der Waals surface area contributed by atoms with Crippen LogP contribution in [-0.2, 0) is 49.5 Å². The maximum absolute atomic E-state index is 14.7. The van der Waals surface area contributed by atoms with E-state index in [1.54, 1.807) is 31.2 Å². The summed E-state index contributed by atoms with van der Waals surface area (Å²) in [6.45, 7) is 1.43. The van der Waals surface area contributed by atoms with Crippen molar-refractivity contribution in [1.29, 1.82) is 0 Å². The van der Waals surface area contributed by atoms with Crippen LogP contribution in [0.3, 0.4) is 0 Å². The van der Waals surface area contributed by atoms with E-state index in [0.29, 0.717) is 37.2 Å². The number of nitrogens with zero attached hydrogens (tertiary/aromatic N) is 1. The lowest BCUT2D eigenvalue weighted by molar-refractivity contribution is -0.151. The van der Waals surface area contributed by atoms with Crippen molar-refractivity contribution in [2.24, 2.45) is 5.92 Å². The fourth-order valence-electron chi connectivity index (χ4n) is 8.12. The Hall–Kier alpha value is -5.35. The zero-order chi connectivity index (χ0) is 40.5. The third kappa shape index (κ3) is 10.3. The molecule has 306 valence electrons. The highest BCUT2D eigenvalue weighted by Crippen LogP contribution is 2.36. The van der Waals surface area contributed by atoms with Crippen LogP contribution in [0.4, 0.5) is 0 Å². The van der Waals surface area contributed by atoms with Gasteiger partial charge in [0, 0.05) is 6.42 Å². The topological polar surface area (TPSA) is 219 Å². The van der Waals surface area contributed by atoms with Gasteiger partial charge in [-0.1, -0.05) is 75.1 Å². The third-order valence-corrected chi connectivity index (χ3v) is 10.9. The van der Waals surface area contributed by atoms with Gasteiger partial charge in [0.15, 0.2) is 12.3 Å². The highest BCUT2D eigenvalue weighted by molar-refractivity contribution is 6.38. The second kappa shape index (κ2) is 19.2. The van der Waals surface area contributed by atoms with Crippen LogP contribution in [-0.4, -0.2) is 108 Å². The molecule has 16 nitrogen and oxygen atoms in total. The van der Waals surface area contributed by atoms with E-state index < -0.39 is 84.6 Å². The van der Waals surface area contributed by atoms with Crippen LogP contribution in [0, 0.1) is 5.92 Å². The fraction of sp³-hybridized carbons (Fsp3) is 0.537. The summed E-state index contributed by atoms with van der Waals surface area (Å²) in [5.41, 5.74) is 1.04. The van der Waals surface area contributed by atoms with Crippen molar-refractivity contribution >= 4 is 41.3 Å². The van der Waals surface area contributed by atoms with E-state index in [1.165, 1.54) is 17.0 Å². The summed E-state index contributed by atoms with van der Waals surface area (Å²) >= 11 is 0. The number of carboxylic acids is 1. The van der Waals surface area contributed by atoms with E-state index in [2.05, 4.69) is 21.3 Å². The molecule has 0 radical (unpaired) electrons. The minimum atomic E-state index is -1.38. The lowest BCUT2D eigenvalue weighted by atomic mass is 9.83. The number of carbonyl (C=O) groups excluding carboxylic acids is 6. The first-order valence-electron chi connectivity index (χ1n) is 19.8. The quantitative estimate of drug-likeness (QED) is 0.195. The SMILES string of the molecule is CCC[C@@H](NC(=O)[C@@H]1[C@H]2OC3CCCOc4cccc(c4)CC(=O)N[C@@H](C4CCCCC4)C(=O)N1C[C@@H]2O3)C(=O)C(=O)NCC(=O)N[C@H](C(=O)O)c1ccccc1. The average Bonchev–Trinajstić information content (AvgIpc) is 3.77. The van der Waals surface area contributed by atoms with Crippen molar-refractivity contribution in [2.75, 3.05) is 19.7 Å². The lowest BCUT2D eigenvalue weighted by Crippen LogP contribution is -2.60. The Morgan fingerprint density at radius 1 is 0.930 bits per heavy atom. The zero-order valence-corrected chi connectivity index (χ0v) is 32.0. The summed E-state index contributed by atoms with van der Waals surface area (Å²) in [6, 6.07) is 10.4. The number of carboxylic acid groups (broad SMARTS) is 1. The number of ketones is 1. The Labute approximate surface area is 330 Å². The summed E-state index contributed by atoms with van der Waals surface area (Å²) in [4.78, 5) is 95.0. The van der Waals surface area contributed by atoms with E-state index in [9.17, 15) is 38.7 Å². The van der Waals surface area contributed by atoms with Crippen LogP contribution in [0.2, 0.25) is 0 Å². The van der Waals surface area contributed by atoms with Gasteiger partial charge in [-0.25, -0.2) is 4.79 Å². The Kier molecular flexibility index (Phi) is 13.9. The Morgan fingerprint density at radius 3 is 2.44 bits per heavy atom. The summed E-state index contributed by atoms with van der Waals surface area (Å²) in [5, 5.41) is 19.9. The smallest absolute Gasteiger partial charge is 0.330 e. The molecule has 5 N–H and O–H groups in total. The minimum Gasteiger partial charge on any atom is -0.494 e. The maximum atomic E-state index is 14.7. The Morgan fingerprint density at radius 2 is 1.70 bits per heavy atom. The average molecular weight is 790 g/mol. The van der Waals surface area contributed by atoms with Crippen LogP contribution in [0.25, 0.3) is 0 Å². The number of benzene rings is 2. The molecule has 2 saturated heterocycles. The number of ether oxygens (including phenoxy) is 3. The lowest BCUT2D eigenvalue weighted by Gasteiger charge is -2.35. The van der Waals surface area contributed by atoms with Gasteiger partial charge < -0.3 is 45.5 Å². The number of fused-ring (bicyclic) bond motifs is 7. The van der Waals surface area contributed by atoms with Gasteiger partial charge in [-0.3, -0.25) is 28.8 Å². The van der Waals surface area contributed by atoms with Crippen molar-refractivity contribution in [2.45, 2.75) is 114 Å². The molecule has 0 aromatic heterocycles. The molecule has 1 saturated carbocycles. The number of rotatable bonds is 12. The highest BCUT2D eigenvalue weighted by atomic mass is 16.7. The van der Waals surface area contributed by atoms with Crippen LogP contribution < -0.4 is 26.0 Å². The van der Waals surface area contributed by atoms with Gasteiger partial charge in [-0.15, -0.1) is 0 Å². The Bertz CT molecular complexity index is 1800. The molecule has 0 spiro atoms. The number of Topliss-reactive ketones (excluding diaryl/α,β-unsaturated/α-hetero) is 1. The number of nitrogens with one attached hydrogen (secondary N) is 4. The van der Waals surface area contributed by atoms with Gasteiger partial charge in [0.05, 0.1) is 32.2 Å². The first kappa shape index (κ1) is 41.3. The molecule has 2 aromatic rings. The number of aliphatic carboxylic acids is 1. The molecule has 4 heterocycles. The molecule has 5 aliphatic rings. The summed E-state index contributed by atoms with van der Waals surface area (Å²) in [6.07, 6.45) is 3.48. The predicted octanol–water partition coefficient (Wildman–Crippen LogP) is 1.70. The second-order valence-electron chi connectivity index (χ2n) is 15.0. The van der Waals surface area contributed by atoms with Crippen molar-refractivity contribution in [3.8, 4) is 5.75 Å². The van der Waals surface area contributed by atoms with Crippen molar-refractivity contribution in [3.05, 3.63) is 65.7 Å². The molecule has 3 fully saturated rings. The largest absolute Gasteiger partial charge is 0.494 e. The molecular formula is C41H51N5O11. The molecule has 2 aromatic carbocycles. The van der Waals surface area contributed by atoms with Gasteiger partial charge >= 0.3 is 5.97 Å². The standard InChI is InChI=1S/C41H51N5O11/c1-2-11-28(36(49)39(51)42-22-31(48)45-34(41(53)54)26-15-7-4-8-16-26)43-38(50)35-37-29-23-46(35)40(52)33(25-13-5-3-6-14-25)44-30(47)21-24-12-9-17-27(20-24)55-19-10-18-32(56-29)57-37/h4,7-9,12,15-17,20,25,28-29,32-35,37H,2-3,5-6,10-11,13-14,18-19,21-23H2,1H3,(H,42,51)(H,43,50)(H,44,47)(H,45,48)(H,53,54)/t28-,29+,32?,33+,34+,35+,37+/m1/s1. The second-order valence-corrected chi connectivity index (χ2v) is 15.0. The van der Waals surface area contributed by atoms with E-state index >= 15 is 0 Å².